The highest BCUT2D eigenvalue weighted by Gasteiger charge is 2.34. The number of methoxy groups -OCH3 is 1. The minimum absolute atomic E-state index is 0.278. The van der Waals surface area contributed by atoms with Crippen LogP contribution in [0, 0.1) is 13.8 Å². The summed E-state index contributed by atoms with van der Waals surface area (Å²) in [5.74, 6) is -0.137. The number of rotatable bonds is 5. The second-order valence-corrected chi connectivity index (χ2v) is 8.86. The maximum atomic E-state index is 13.0. The Morgan fingerprint density at radius 2 is 1.78 bits per heavy atom. The third-order valence-corrected chi connectivity index (χ3v) is 6.43. The number of aryl methyl sites for hydroxylation is 1. The SMILES string of the molecule is COc1ccc(C(=O)NN2C(=O)/C(=C\c3cc(C)n(-c4ccccc4)c3C)SC2=S)cc1. The number of nitrogens with zero attached hydrogens (tertiary/aromatic N) is 2. The molecule has 0 unspecified atom stereocenters. The van der Waals surface area contributed by atoms with E-state index in [1.807, 2.05) is 56.3 Å². The van der Waals surface area contributed by atoms with E-state index in [4.69, 9.17) is 17.0 Å². The van der Waals surface area contributed by atoms with Crippen molar-refractivity contribution >= 4 is 46.2 Å². The summed E-state index contributed by atoms with van der Waals surface area (Å²) < 4.78 is 7.52. The number of benzene rings is 2. The molecule has 2 amide bonds. The average molecular weight is 464 g/mol. The number of hydrogen-bond acceptors (Lipinski definition) is 5. The summed E-state index contributed by atoms with van der Waals surface area (Å²) in [5, 5.41) is 1.12. The van der Waals surface area contributed by atoms with Crippen LogP contribution in [0.1, 0.15) is 27.3 Å². The van der Waals surface area contributed by atoms with Crippen LogP contribution in [0.25, 0.3) is 11.8 Å². The molecule has 2 heterocycles. The van der Waals surface area contributed by atoms with E-state index < -0.39 is 5.91 Å². The fourth-order valence-electron chi connectivity index (χ4n) is 3.52. The lowest BCUT2D eigenvalue weighted by atomic mass is 10.2. The molecule has 0 atom stereocenters. The summed E-state index contributed by atoms with van der Waals surface area (Å²) in [6.45, 7) is 4.04. The number of hydrazine groups is 1. The number of thiocarbonyl (C=S) groups is 1. The van der Waals surface area contributed by atoms with Crippen LogP contribution in [-0.2, 0) is 4.79 Å². The molecule has 4 rings (SSSR count). The fourth-order valence-corrected chi connectivity index (χ4v) is 4.69. The van der Waals surface area contributed by atoms with E-state index in [2.05, 4.69) is 9.99 Å². The topological polar surface area (TPSA) is 63.6 Å². The highest BCUT2D eigenvalue weighted by atomic mass is 32.2. The number of hydrogen-bond donors (Lipinski definition) is 1. The molecule has 0 spiro atoms. The van der Waals surface area contributed by atoms with Crippen molar-refractivity contribution in [2.75, 3.05) is 7.11 Å². The van der Waals surface area contributed by atoms with E-state index in [0.29, 0.717) is 16.2 Å². The number of carbonyl (C=O) groups excluding carboxylic acids is 2. The molecule has 0 radical (unpaired) electrons. The standard InChI is InChI=1S/C24H21N3O3S2/c1-15-13-18(16(2)26(15)19-7-5-4-6-8-19)14-21-23(29)27(24(31)32-21)25-22(28)17-9-11-20(30-3)12-10-17/h4-14H,1-3H3,(H,25,28)/b21-14+. The molecule has 1 fully saturated rings. The Balaban J connectivity index is 1.56. The molecular formula is C24H21N3O3S2. The van der Waals surface area contributed by atoms with Crippen molar-refractivity contribution in [3.8, 4) is 11.4 Å². The van der Waals surface area contributed by atoms with Gasteiger partial charge < -0.3 is 9.30 Å². The first kappa shape index (κ1) is 21.9. The van der Waals surface area contributed by atoms with Crippen LogP contribution in [0.4, 0.5) is 0 Å². The minimum atomic E-state index is -0.424. The molecule has 6 nitrogen and oxygen atoms in total. The molecule has 1 saturated heterocycles. The number of aromatic nitrogens is 1. The van der Waals surface area contributed by atoms with Gasteiger partial charge in [-0.3, -0.25) is 15.0 Å². The van der Waals surface area contributed by atoms with Crippen molar-refractivity contribution in [1.29, 1.82) is 0 Å². The molecule has 162 valence electrons. The third-order valence-electron chi connectivity index (χ3n) is 5.13. The largest absolute Gasteiger partial charge is 0.497 e. The molecule has 8 heteroatoms. The summed E-state index contributed by atoms with van der Waals surface area (Å²) in [5.41, 5.74) is 7.05. The Morgan fingerprint density at radius 1 is 1.09 bits per heavy atom. The van der Waals surface area contributed by atoms with Crippen LogP contribution in [0.5, 0.6) is 5.75 Å². The molecule has 2 aromatic carbocycles. The first-order valence-electron chi connectivity index (χ1n) is 9.86. The van der Waals surface area contributed by atoms with Crippen LogP contribution in [0.15, 0.2) is 65.6 Å². The summed E-state index contributed by atoms with van der Waals surface area (Å²) in [7, 11) is 1.55. The Labute approximate surface area is 195 Å². The van der Waals surface area contributed by atoms with Crippen LogP contribution >= 0.6 is 24.0 Å². The van der Waals surface area contributed by atoms with Gasteiger partial charge >= 0.3 is 0 Å². The Morgan fingerprint density at radius 3 is 2.44 bits per heavy atom. The van der Waals surface area contributed by atoms with Crippen molar-refractivity contribution in [1.82, 2.24) is 15.0 Å². The first-order valence-corrected chi connectivity index (χ1v) is 11.1. The Hall–Kier alpha value is -3.36. The van der Waals surface area contributed by atoms with Gasteiger partial charge in [0.05, 0.1) is 12.0 Å². The predicted molar refractivity (Wildman–Crippen MR) is 131 cm³/mol. The molecule has 1 aliphatic heterocycles. The van der Waals surface area contributed by atoms with E-state index in [-0.39, 0.29) is 10.2 Å². The van der Waals surface area contributed by atoms with Gasteiger partial charge in [0.1, 0.15) is 5.75 Å². The van der Waals surface area contributed by atoms with Crippen LogP contribution in [0.2, 0.25) is 0 Å². The number of ether oxygens (including phenoxy) is 1. The van der Waals surface area contributed by atoms with Gasteiger partial charge in [0.2, 0.25) is 0 Å². The zero-order valence-corrected chi connectivity index (χ0v) is 19.4. The van der Waals surface area contributed by atoms with E-state index in [1.165, 1.54) is 0 Å². The molecular weight excluding hydrogens is 442 g/mol. The first-order chi connectivity index (χ1) is 15.4. The van der Waals surface area contributed by atoms with Crippen molar-refractivity contribution in [2.24, 2.45) is 0 Å². The molecule has 1 aliphatic rings. The highest BCUT2D eigenvalue weighted by Crippen LogP contribution is 2.33. The average Bonchev–Trinajstić information content (AvgIpc) is 3.23. The van der Waals surface area contributed by atoms with Crippen molar-refractivity contribution in [2.45, 2.75) is 13.8 Å². The zero-order valence-electron chi connectivity index (χ0n) is 17.8. The maximum absolute atomic E-state index is 13.0. The van der Waals surface area contributed by atoms with Gasteiger partial charge in [0.15, 0.2) is 4.32 Å². The lowest BCUT2D eigenvalue weighted by Crippen LogP contribution is -2.44. The van der Waals surface area contributed by atoms with Gasteiger partial charge in [-0.15, -0.1) is 0 Å². The van der Waals surface area contributed by atoms with Crippen LogP contribution in [0.3, 0.4) is 0 Å². The second kappa shape index (κ2) is 9.02. The highest BCUT2D eigenvalue weighted by molar-refractivity contribution is 8.26. The number of carbonyl (C=O) groups is 2. The fraction of sp³-hybridized carbons (Fsp3) is 0.125. The van der Waals surface area contributed by atoms with E-state index in [1.54, 1.807) is 31.4 Å². The smallest absolute Gasteiger partial charge is 0.285 e. The van der Waals surface area contributed by atoms with Gasteiger partial charge in [-0.1, -0.05) is 30.0 Å². The number of nitrogens with one attached hydrogen (secondary N) is 1. The van der Waals surface area contributed by atoms with Crippen LogP contribution in [-0.4, -0.2) is 32.8 Å². The number of para-hydroxylation sites is 1. The van der Waals surface area contributed by atoms with Gasteiger partial charge in [0, 0.05) is 22.6 Å². The number of thioether (sulfide) groups is 1. The molecule has 1 N–H and O–H groups in total. The Kier molecular flexibility index (Phi) is 6.16. The molecule has 3 aromatic rings. The van der Waals surface area contributed by atoms with Gasteiger partial charge in [0.25, 0.3) is 11.8 Å². The van der Waals surface area contributed by atoms with Crippen molar-refractivity contribution in [3.63, 3.8) is 0 Å². The third kappa shape index (κ3) is 4.19. The van der Waals surface area contributed by atoms with Crippen molar-refractivity contribution < 1.29 is 14.3 Å². The Bertz CT molecular complexity index is 1230. The predicted octanol–water partition coefficient (Wildman–Crippen LogP) is 4.65. The zero-order chi connectivity index (χ0) is 22.8. The molecule has 0 saturated carbocycles. The maximum Gasteiger partial charge on any atom is 0.285 e. The summed E-state index contributed by atoms with van der Waals surface area (Å²) in [6, 6.07) is 18.7. The summed E-state index contributed by atoms with van der Waals surface area (Å²) in [4.78, 5) is 26.0. The van der Waals surface area contributed by atoms with Gasteiger partial charge in [-0.2, -0.15) is 5.01 Å². The van der Waals surface area contributed by atoms with E-state index in [9.17, 15) is 9.59 Å². The lowest BCUT2D eigenvalue weighted by molar-refractivity contribution is -0.123. The second-order valence-electron chi connectivity index (χ2n) is 7.18. The monoisotopic (exact) mass is 463 g/mol. The van der Waals surface area contributed by atoms with E-state index >= 15 is 0 Å². The normalized spacial score (nSPS) is 14.8. The molecule has 0 bridgehead atoms. The molecule has 0 aliphatic carbocycles. The lowest BCUT2D eigenvalue weighted by Gasteiger charge is -2.15. The molecule has 1 aromatic heterocycles. The van der Waals surface area contributed by atoms with E-state index in [0.717, 1.165) is 39.4 Å². The molecule has 32 heavy (non-hydrogen) atoms. The number of amides is 2. The summed E-state index contributed by atoms with van der Waals surface area (Å²) >= 11 is 6.51. The van der Waals surface area contributed by atoms with Gasteiger partial charge in [-0.05, 0) is 80.2 Å². The minimum Gasteiger partial charge on any atom is -0.497 e. The quantitative estimate of drug-likeness (QED) is 0.441. The van der Waals surface area contributed by atoms with Crippen LogP contribution < -0.4 is 10.2 Å². The summed E-state index contributed by atoms with van der Waals surface area (Å²) in [6.07, 6.45) is 1.82. The van der Waals surface area contributed by atoms with Gasteiger partial charge in [-0.25, -0.2) is 0 Å². The van der Waals surface area contributed by atoms with Crippen molar-refractivity contribution in [3.05, 3.63) is 88.1 Å².